The molecule has 1 unspecified atom stereocenters. The lowest BCUT2D eigenvalue weighted by molar-refractivity contribution is -0.121. The molecule has 0 radical (unpaired) electrons. The third-order valence-electron chi connectivity index (χ3n) is 1.92. The van der Waals surface area contributed by atoms with E-state index in [0.717, 1.165) is 18.2 Å². The molecular weight excluding hydrogens is 204 g/mol. The third-order valence-corrected chi connectivity index (χ3v) is 1.92. The highest BCUT2D eigenvalue weighted by Crippen LogP contribution is 2.18. The van der Waals surface area contributed by atoms with Crippen molar-refractivity contribution in [1.82, 2.24) is 5.43 Å². The topological polar surface area (TPSA) is 81.1 Å². The van der Waals surface area contributed by atoms with E-state index in [1.54, 1.807) is 0 Å². The van der Waals surface area contributed by atoms with Gasteiger partial charge in [0.05, 0.1) is 0 Å². The van der Waals surface area contributed by atoms with Crippen molar-refractivity contribution in [1.29, 1.82) is 0 Å². The number of hydrogen-bond acceptors (Lipinski definition) is 3. The largest absolute Gasteiger partial charge is 0.323 e. The van der Waals surface area contributed by atoms with Crippen LogP contribution in [0.4, 0.5) is 8.78 Å². The van der Waals surface area contributed by atoms with Gasteiger partial charge in [-0.3, -0.25) is 10.2 Å². The normalized spacial score (nSPS) is 12.3. The van der Waals surface area contributed by atoms with Crippen LogP contribution in [0.25, 0.3) is 0 Å². The van der Waals surface area contributed by atoms with Crippen molar-refractivity contribution in [3.63, 3.8) is 0 Å². The highest BCUT2D eigenvalue weighted by atomic mass is 19.1. The van der Waals surface area contributed by atoms with Gasteiger partial charge in [-0.05, 0) is 18.2 Å². The second-order valence-electron chi connectivity index (χ2n) is 3.04. The molecule has 0 heterocycles. The van der Waals surface area contributed by atoms with E-state index >= 15 is 0 Å². The fourth-order valence-corrected chi connectivity index (χ4v) is 1.17. The van der Waals surface area contributed by atoms with Gasteiger partial charge in [-0.25, -0.2) is 14.6 Å². The Kier molecular flexibility index (Phi) is 3.70. The zero-order valence-corrected chi connectivity index (χ0v) is 7.84. The molecule has 0 aliphatic heterocycles. The van der Waals surface area contributed by atoms with Crippen LogP contribution in [-0.2, 0) is 4.79 Å². The Morgan fingerprint density at radius 2 is 2.13 bits per heavy atom. The van der Waals surface area contributed by atoms with Crippen LogP contribution < -0.4 is 17.0 Å². The summed E-state index contributed by atoms with van der Waals surface area (Å²) >= 11 is 0. The summed E-state index contributed by atoms with van der Waals surface area (Å²) in [7, 11) is 0. The van der Waals surface area contributed by atoms with Gasteiger partial charge in [0.15, 0.2) is 0 Å². The van der Waals surface area contributed by atoms with Crippen LogP contribution in [0.3, 0.4) is 0 Å². The molecule has 1 aromatic carbocycles. The molecule has 6 heteroatoms. The maximum Gasteiger partial charge on any atom is 0.235 e. The SMILES string of the molecule is NNC(=O)CC(N)c1cc(F)ccc1F. The summed E-state index contributed by atoms with van der Waals surface area (Å²) in [6.07, 6.45) is -0.198. The number of benzene rings is 1. The zero-order valence-electron chi connectivity index (χ0n) is 7.84. The molecule has 0 aliphatic rings. The monoisotopic (exact) mass is 215 g/mol. The number of carbonyl (C=O) groups excluding carboxylic acids is 1. The third kappa shape index (κ3) is 2.97. The first kappa shape index (κ1) is 11.5. The minimum absolute atomic E-state index is 0.0430. The molecule has 0 spiro atoms. The number of carbonyl (C=O) groups is 1. The first-order valence-electron chi connectivity index (χ1n) is 4.24. The highest BCUT2D eigenvalue weighted by Gasteiger charge is 2.15. The maximum absolute atomic E-state index is 13.2. The van der Waals surface area contributed by atoms with Gasteiger partial charge >= 0.3 is 0 Å². The van der Waals surface area contributed by atoms with Crippen molar-refractivity contribution in [3.05, 3.63) is 35.4 Å². The summed E-state index contributed by atoms with van der Waals surface area (Å²) < 4.78 is 25.9. The number of nitrogens with two attached hydrogens (primary N) is 2. The van der Waals surface area contributed by atoms with E-state index in [1.807, 2.05) is 5.43 Å². The van der Waals surface area contributed by atoms with Gasteiger partial charge in [-0.1, -0.05) is 0 Å². The molecule has 1 amide bonds. The number of halogens is 2. The summed E-state index contributed by atoms with van der Waals surface area (Å²) in [6, 6.07) is 1.99. The summed E-state index contributed by atoms with van der Waals surface area (Å²) in [6.45, 7) is 0. The number of hydrogen-bond donors (Lipinski definition) is 3. The van der Waals surface area contributed by atoms with E-state index < -0.39 is 23.6 Å². The first-order valence-corrected chi connectivity index (χ1v) is 4.24. The molecule has 82 valence electrons. The Hall–Kier alpha value is -1.53. The van der Waals surface area contributed by atoms with Gasteiger partial charge in [-0.15, -0.1) is 0 Å². The molecule has 0 aliphatic carbocycles. The molecular formula is C9H11F2N3O. The molecule has 0 aromatic heterocycles. The predicted molar refractivity (Wildman–Crippen MR) is 50.2 cm³/mol. The number of rotatable bonds is 3. The van der Waals surface area contributed by atoms with E-state index in [4.69, 9.17) is 11.6 Å². The van der Waals surface area contributed by atoms with Crippen LogP contribution >= 0.6 is 0 Å². The molecule has 0 saturated carbocycles. The van der Waals surface area contributed by atoms with Crippen molar-refractivity contribution >= 4 is 5.91 Å². The Morgan fingerprint density at radius 3 is 2.73 bits per heavy atom. The lowest BCUT2D eigenvalue weighted by Gasteiger charge is -2.11. The second kappa shape index (κ2) is 4.81. The molecule has 15 heavy (non-hydrogen) atoms. The van der Waals surface area contributed by atoms with Crippen molar-refractivity contribution in [2.45, 2.75) is 12.5 Å². The van der Waals surface area contributed by atoms with Crippen molar-refractivity contribution in [3.8, 4) is 0 Å². The van der Waals surface area contributed by atoms with Gasteiger partial charge < -0.3 is 5.73 Å². The predicted octanol–water partition coefficient (Wildman–Crippen LogP) is 0.345. The summed E-state index contributed by atoms with van der Waals surface area (Å²) in [4.78, 5) is 10.9. The number of hydrazine groups is 1. The van der Waals surface area contributed by atoms with Gasteiger partial charge in [-0.2, -0.15) is 0 Å². The zero-order chi connectivity index (χ0) is 11.4. The maximum atomic E-state index is 13.2. The Morgan fingerprint density at radius 1 is 1.47 bits per heavy atom. The number of amides is 1. The van der Waals surface area contributed by atoms with Gasteiger partial charge in [0.1, 0.15) is 11.6 Å². The van der Waals surface area contributed by atoms with Crippen LogP contribution in [0.5, 0.6) is 0 Å². The molecule has 0 bridgehead atoms. The fraction of sp³-hybridized carbons (Fsp3) is 0.222. The highest BCUT2D eigenvalue weighted by molar-refractivity contribution is 5.76. The van der Waals surface area contributed by atoms with Crippen LogP contribution in [0.15, 0.2) is 18.2 Å². The Labute approximate surface area is 85.2 Å². The standard InChI is InChI=1S/C9H11F2N3O/c10-5-1-2-7(11)6(3-5)8(12)4-9(15)14-13/h1-3,8H,4,12-13H2,(H,14,15). The molecule has 1 atom stereocenters. The van der Waals surface area contributed by atoms with Crippen LogP contribution in [0.1, 0.15) is 18.0 Å². The smallest absolute Gasteiger partial charge is 0.235 e. The van der Waals surface area contributed by atoms with Gasteiger partial charge in [0, 0.05) is 18.0 Å². The average molecular weight is 215 g/mol. The lowest BCUT2D eigenvalue weighted by atomic mass is 10.0. The minimum Gasteiger partial charge on any atom is -0.323 e. The van der Waals surface area contributed by atoms with E-state index in [2.05, 4.69) is 0 Å². The van der Waals surface area contributed by atoms with E-state index in [9.17, 15) is 13.6 Å². The quantitative estimate of drug-likeness (QED) is 0.386. The van der Waals surface area contributed by atoms with Crippen molar-refractivity contribution in [2.75, 3.05) is 0 Å². The molecule has 1 rings (SSSR count). The average Bonchev–Trinajstić information content (AvgIpc) is 2.21. The number of nitrogens with one attached hydrogen (secondary N) is 1. The molecule has 0 fully saturated rings. The van der Waals surface area contributed by atoms with Gasteiger partial charge in [0.25, 0.3) is 0 Å². The van der Waals surface area contributed by atoms with Crippen LogP contribution in [0.2, 0.25) is 0 Å². The second-order valence-corrected chi connectivity index (χ2v) is 3.04. The summed E-state index contributed by atoms with van der Waals surface area (Å²) in [5.74, 6) is 3.06. The molecule has 5 N–H and O–H groups in total. The fourth-order valence-electron chi connectivity index (χ4n) is 1.17. The van der Waals surface area contributed by atoms with E-state index in [-0.39, 0.29) is 12.0 Å². The van der Waals surface area contributed by atoms with E-state index in [1.165, 1.54) is 0 Å². The van der Waals surface area contributed by atoms with Crippen LogP contribution in [-0.4, -0.2) is 5.91 Å². The Balaban J connectivity index is 2.85. The molecule has 0 saturated heterocycles. The van der Waals surface area contributed by atoms with E-state index in [0.29, 0.717) is 0 Å². The first-order chi connectivity index (χ1) is 7.04. The Bertz CT molecular complexity index is 370. The van der Waals surface area contributed by atoms with Crippen molar-refractivity contribution in [2.24, 2.45) is 11.6 Å². The lowest BCUT2D eigenvalue weighted by Crippen LogP contribution is -2.32. The summed E-state index contributed by atoms with van der Waals surface area (Å²) in [5, 5.41) is 0. The minimum atomic E-state index is -0.913. The molecule has 1 aromatic rings. The van der Waals surface area contributed by atoms with Gasteiger partial charge in [0.2, 0.25) is 5.91 Å². The van der Waals surface area contributed by atoms with Crippen LogP contribution in [0, 0.1) is 11.6 Å². The molecule has 4 nitrogen and oxygen atoms in total. The summed E-state index contributed by atoms with van der Waals surface area (Å²) in [5.41, 5.74) is 7.34. The van der Waals surface area contributed by atoms with Crippen molar-refractivity contribution < 1.29 is 13.6 Å².